The van der Waals surface area contributed by atoms with Gasteiger partial charge in [-0.2, -0.15) is 0 Å². The van der Waals surface area contributed by atoms with Crippen LogP contribution in [0.3, 0.4) is 0 Å². The predicted octanol–water partition coefficient (Wildman–Crippen LogP) is 1.79. The average molecular weight is 195 g/mol. The van der Waals surface area contributed by atoms with E-state index in [-0.39, 0.29) is 0 Å². The first-order valence-corrected chi connectivity index (χ1v) is 5.31. The number of dihydropyridines is 1. The summed E-state index contributed by atoms with van der Waals surface area (Å²) in [4.78, 5) is 4.37. The molecule has 1 fully saturated rings. The molecule has 0 aliphatic carbocycles. The van der Waals surface area contributed by atoms with Crippen molar-refractivity contribution in [2.75, 3.05) is 19.8 Å². The number of rotatable bonds is 1. The number of ether oxygens (including phenoxy) is 2. The fourth-order valence-corrected chi connectivity index (χ4v) is 1.64. The van der Waals surface area contributed by atoms with Crippen LogP contribution in [0.25, 0.3) is 0 Å². The van der Waals surface area contributed by atoms with Gasteiger partial charge in [0.05, 0.1) is 13.2 Å². The standard InChI is InChI=1S/C11H17NO2/c1-9-2-3-11(12-8-9)14-10-4-6-13-7-5-10/h2-3,9-10H,4-8H2,1H3. The summed E-state index contributed by atoms with van der Waals surface area (Å²) in [5.41, 5.74) is 0. The van der Waals surface area contributed by atoms with Crippen molar-refractivity contribution < 1.29 is 9.47 Å². The molecule has 0 aromatic rings. The molecule has 14 heavy (non-hydrogen) atoms. The molecular weight excluding hydrogens is 178 g/mol. The van der Waals surface area contributed by atoms with Crippen LogP contribution in [0.2, 0.25) is 0 Å². The molecular formula is C11H17NO2. The molecule has 0 radical (unpaired) electrons. The summed E-state index contributed by atoms with van der Waals surface area (Å²) >= 11 is 0. The number of hydrogen-bond acceptors (Lipinski definition) is 3. The van der Waals surface area contributed by atoms with Gasteiger partial charge in [0.25, 0.3) is 0 Å². The zero-order valence-electron chi connectivity index (χ0n) is 8.61. The quantitative estimate of drug-likeness (QED) is 0.638. The van der Waals surface area contributed by atoms with Crippen molar-refractivity contribution in [3.05, 3.63) is 12.2 Å². The monoisotopic (exact) mass is 195 g/mol. The van der Waals surface area contributed by atoms with E-state index in [1.165, 1.54) is 0 Å². The van der Waals surface area contributed by atoms with E-state index in [0.717, 1.165) is 38.5 Å². The van der Waals surface area contributed by atoms with Crippen LogP contribution in [0, 0.1) is 5.92 Å². The molecule has 3 heteroatoms. The van der Waals surface area contributed by atoms with E-state index in [4.69, 9.17) is 9.47 Å². The Labute approximate surface area is 84.8 Å². The molecule has 2 aliphatic rings. The predicted molar refractivity (Wildman–Crippen MR) is 55.5 cm³/mol. The maximum atomic E-state index is 5.76. The minimum absolute atomic E-state index is 0.306. The van der Waals surface area contributed by atoms with Crippen LogP contribution in [0.15, 0.2) is 17.1 Å². The highest BCUT2D eigenvalue weighted by Gasteiger charge is 2.17. The Morgan fingerprint density at radius 1 is 1.43 bits per heavy atom. The SMILES string of the molecule is CC1C=CC(OC2CCOCC2)=NC1. The van der Waals surface area contributed by atoms with Crippen molar-refractivity contribution in [2.45, 2.75) is 25.9 Å². The van der Waals surface area contributed by atoms with Crippen molar-refractivity contribution in [3.63, 3.8) is 0 Å². The highest BCUT2D eigenvalue weighted by Crippen LogP contribution is 2.13. The van der Waals surface area contributed by atoms with E-state index in [2.05, 4.69) is 18.0 Å². The maximum absolute atomic E-state index is 5.76. The molecule has 1 unspecified atom stereocenters. The molecule has 0 bridgehead atoms. The zero-order chi connectivity index (χ0) is 9.80. The average Bonchev–Trinajstić information content (AvgIpc) is 2.23. The summed E-state index contributed by atoms with van der Waals surface area (Å²) in [6.07, 6.45) is 6.43. The molecule has 1 saturated heterocycles. The van der Waals surface area contributed by atoms with Crippen LogP contribution in [-0.4, -0.2) is 31.8 Å². The third kappa shape index (κ3) is 2.58. The lowest BCUT2D eigenvalue weighted by Gasteiger charge is -2.24. The molecule has 0 saturated carbocycles. The van der Waals surface area contributed by atoms with Crippen molar-refractivity contribution in [2.24, 2.45) is 10.9 Å². The summed E-state index contributed by atoms with van der Waals surface area (Å²) in [5.74, 6) is 1.35. The summed E-state index contributed by atoms with van der Waals surface area (Å²) < 4.78 is 11.0. The molecule has 0 amide bonds. The van der Waals surface area contributed by atoms with Crippen molar-refractivity contribution >= 4 is 5.90 Å². The van der Waals surface area contributed by atoms with Gasteiger partial charge in [-0.25, -0.2) is 0 Å². The smallest absolute Gasteiger partial charge is 0.208 e. The van der Waals surface area contributed by atoms with Gasteiger partial charge < -0.3 is 9.47 Å². The van der Waals surface area contributed by atoms with Crippen molar-refractivity contribution in [1.29, 1.82) is 0 Å². The molecule has 0 aromatic carbocycles. The molecule has 78 valence electrons. The van der Waals surface area contributed by atoms with E-state index in [1.807, 2.05) is 6.08 Å². The summed E-state index contributed by atoms with van der Waals surface area (Å²) in [6, 6.07) is 0. The van der Waals surface area contributed by atoms with Crippen molar-refractivity contribution in [1.82, 2.24) is 0 Å². The van der Waals surface area contributed by atoms with Crippen LogP contribution in [0.5, 0.6) is 0 Å². The normalized spacial score (nSPS) is 28.6. The van der Waals surface area contributed by atoms with Gasteiger partial charge in [0, 0.05) is 19.4 Å². The maximum Gasteiger partial charge on any atom is 0.208 e. The molecule has 3 nitrogen and oxygen atoms in total. The second kappa shape index (κ2) is 4.60. The van der Waals surface area contributed by atoms with Gasteiger partial charge in [-0.15, -0.1) is 0 Å². The first-order valence-electron chi connectivity index (χ1n) is 5.31. The van der Waals surface area contributed by atoms with Gasteiger partial charge in [-0.05, 0) is 12.0 Å². The lowest BCUT2D eigenvalue weighted by Crippen LogP contribution is -2.26. The third-order valence-electron chi connectivity index (χ3n) is 2.56. The first-order chi connectivity index (χ1) is 6.84. The van der Waals surface area contributed by atoms with Gasteiger partial charge in [0.2, 0.25) is 5.90 Å². The molecule has 2 heterocycles. The Morgan fingerprint density at radius 3 is 2.86 bits per heavy atom. The van der Waals surface area contributed by atoms with Crippen LogP contribution in [0.4, 0.5) is 0 Å². The molecule has 0 aromatic heterocycles. The highest BCUT2D eigenvalue weighted by molar-refractivity contribution is 5.88. The molecule has 1 atom stereocenters. The fourth-order valence-electron chi connectivity index (χ4n) is 1.64. The Bertz CT molecular complexity index is 242. The Kier molecular flexibility index (Phi) is 3.19. The van der Waals surface area contributed by atoms with Gasteiger partial charge in [0.15, 0.2) is 0 Å². The van der Waals surface area contributed by atoms with E-state index in [1.54, 1.807) is 0 Å². The zero-order valence-corrected chi connectivity index (χ0v) is 8.61. The van der Waals surface area contributed by atoms with Crippen LogP contribution in [0.1, 0.15) is 19.8 Å². The largest absolute Gasteiger partial charge is 0.474 e. The lowest BCUT2D eigenvalue weighted by atomic mass is 10.1. The van der Waals surface area contributed by atoms with E-state index >= 15 is 0 Å². The number of hydrogen-bond donors (Lipinski definition) is 0. The van der Waals surface area contributed by atoms with Crippen LogP contribution in [-0.2, 0) is 9.47 Å². The third-order valence-corrected chi connectivity index (χ3v) is 2.56. The first kappa shape index (κ1) is 9.71. The topological polar surface area (TPSA) is 30.8 Å². The highest BCUT2D eigenvalue weighted by atomic mass is 16.5. The van der Waals surface area contributed by atoms with Gasteiger partial charge in [-0.1, -0.05) is 13.0 Å². The van der Waals surface area contributed by atoms with Crippen molar-refractivity contribution in [3.8, 4) is 0 Å². The number of aliphatic imine (C=N–C) groups is 1. The summed E-state index contributed by atoms with van der Waals surface area (Å²) in [7, 11) is 0. The molecule has 0 spiro atoms. The minimum atomic E-state index is 0.306. The number of nitrogens with zero attached hydrogens (tertiary/aromatic N) is 1. The van der Waals surface area contributed by atoms with Crippen LogP contribution >= 0.6 is 0 Å². The fraction of sp³-hybridized carbons (Fsp3) is 0.727. The van der Waals surface area contributed by atoms with Crippen LogP contribution < -0.4 is 0 Å². The van der Waals surface area contributed by atoms with E-state index in [0.29, 0.717) is 12.0 Å². The van der Waals surface area contributed by atoms with Gasteiger partial charge in [-0.3, -0.25) is 4.99 Å². The Hall–Kier alpha value is -0.830. The minimum Gasteiger partial charge on any atom is -0.474 e. The molecule has 2 rings (SSSR count). The Balaban J connectivity index is 1.82. The van der Waals surface area contributed by atoms with Gasteiger partial charge >= 0.3 is 0 Å². The second-order valence-electron chi connectivity index (χ2n) is 3.94. The summed E-state index contributed by atoms with van der Waals surface area (Å²) in [6.45, 7) is 4.65. The lowest BCUT2D eigenvalue weighted by molar-refractivity contribution is 0.0206. The van der Waals surface area contributed by atoms with Gasteiger partial charge in [0.1, 0.15) is 6.10 Å². The molecule has 0 N–H and O–H groups in total. The van der Waals surface area contributed by atoms with E-state index in [9.17, 15) is 0 Å². The Morgan fingerprint density at radius 2 is 2.21 bits per heavy atom. The second-order valence-corrected chi connectivity index (χ2v) is 3.94. The molecule has 2 aliphatic heterocycles. The van der Waals surface area contributed by atoms with E-state index < -0.39 is 0 Å². The summed E-state index contributed by atoms with van der Waals surface area (Å²) in [5, 5.41) is 0.